The molecule has 6 nitrogen and oxygen atoms in total. The SMILES string of the molecule is C=CC(=O)NCc1ccc(C(=O)Nc2cc(Cl)ccc2C(=O)N(C)C)cc1. The fourth-order valence-corrected chi connectivity index (χ4v) is 2.45. The highest BCUT2D eigenvalue weighted by Crippen LogP contribution is 2.23. The Hall–Kier alpha value is -3.12. The molecule has 7 heteroatoms. The molecule has 0 saturated carbocycles. The molecule has 3 amide bonds. The lowest BCUT2D eigenvalue weighted by atomic mass is 10.1. The Bertz CT molecular complexity index is 877. The molecule has 27 heavy (non-hydrogen) atoms. The average molecular weight is 386 g/mol. The van der Waals surface area contributed by atoms with Gasteiger partial charge in [0, 0.05) is 31.2 Å². The maximum absolute atomic E-state index is 12.5. The van der Waals surface area contributed by atoms with Gasteiger partial charge in [-0.25, -0.2) is 0 Å². The third-order valence-electron chi connectivity index (χ3n) is 3.73. The average Bonchev–Trinajstić information content (AvgIpc) is 2.66. The van der Waals surface area contributed by atoms with Gasteiger partial charge >= 0.3 is 0 Å². The monoisotopic (exact) mass is 385 g/mol. The predicted octanol–water partition coefficient (Wildman–Crippen LogP) is 3.10. The van der Waals surface area contributed by atoms with E-state index in [2.05, 4.69) is 17.2 Å². The Balaban J connectivity index is 2.15. The number of carbonyl (C=O) groups excluding carboxylic acids is 3. The summed E-state index contributed by atoms with van der Waals surface area (Å²) in [6.07, 6.45) is 1.19. The van der Waals surface area contributed by atoms with Gasteiger partial charge in [0.05, 0.1) is 11.3 Å². The van der Waals surface area contributed by atoms with E-state index in [9.17, 15) is 14.4 Å². The Labute approximate surface area is 162 Å². The van der Waals surface area contributed by atoms with Crippen LogP contribution in [0.1, 0.15) is 26.3 Å². The van der Waals surface area contributed by atoms with Crippen LogP contribution in [-0.2, 0) is 11.3 Å². The fourth-order valence-electron chi connectivity index (χ4n) is 2.28. The molecule has 0 aliphatic heterocycles. The van der Waals surface area contributed by atoms with Crippen molar-refractivity contribution in [2.45, 2.75) is 6.54 Å². The lowest BCUT2D eigenvalue weighted by Gasteiger charge is -2.15. The maximum atomic E-state index is 12.5. The van der Waals surface area contributed by atoms with Gasteiger partial charge in [0.25, 0.3) is 11.8 Å². The van der Waals surface area contributed by atoms with E-state index < -0.39 is 0 Å². The van der Waals surface area contributed by atoms with Crippen molar-refractivity contribution in [3.8, 4) is 0 Å². The molecular weight excluding hydrogens is 366 g/mol. The van der Waals surface area contributed by atoms with Crippen LogP contribution >= 0.6 is 11.6 Å². The third kappa shape index (κ3) is 5.43. The molecule has 0 aliphatic carbocycles. The lowest BCUT2D eigenvalue weighted by Crippen LogP contribution is -2.24. The number of nitrogens with one attached hydrogen (secondary N) is 2. The van der Waals surface area contributed by atoms with Crippen molar-refractivity contribution in [3.63, 3.8) is 0 Å². The van der Waals surface area contributed by atoms with Crippen molar-refractivity contribution in [3.05, 3.63) is 76.8 Å². The van der Waals surface area contributed by atoms with Crippen LogP contribution < -0.4 is 10.6 Å². The van der Waals surface area contributed by atoms with Crippen molar-refractivity contribution in [2.24, 2.45) is 0 Å². The summed E-state index contributed by atoms with van der Waals surface area (Å²) in [7, 11) is 3.26. The number of hydrogen-bond donors (Lipinski definition) is 2. The van der Waals surface area contributed by atoms with Crippen LogP contribution in [0, 0.1) is 0 Å². The quantitative estimate of drug-likeness (QED) is 0.750. The van der Waals surface area contributed by atoms with Crippen LogP contribution in [0.2, 0.25) is 5.02 Å². The first-order valence-corrected chi connectivity index (χ1v) is 8.51. The second kappa shape index (κ2) is 9.00. The van der Waals surface area contributed by atoms with E-state index in [0.717, 1.165) is 5.56 Å². The van der Waals surface area contributed by atoms with Crippen LogP contribution in [0.15, 0.2) is 55.1 Å². The molecule has 0 radical (unpaired) electrons. The number of hydrogen-bond acceptors (Lipinski definition) is 3. The Morgan fingerprint density at radius 2 is 1.78 bits per heavy atom. The molecule has 0 spiro atoms. The van der Waals surface area contributed by atoms with Crippen LogP contribution in [0.25, 0.3) is 0 Å². The minimum absolute atomic E-state index is 0.240. The Morgan fingerprint density at radius 3 is 2.37 bits per heavy atom. The molecular formula is C20H20ClN3O3. The van der Waals surface area contributed by atoms with Gasteiger partial charge in [-0.2, -0.15) is 0 Å². The molecule has 2 rings (SSSR count). The zero-order chi connectivity index (χ0) is 20.0. The van der Waals surface area contributed by atoms with Gasteiger partial charge in [-0.15, -0.1) is 0 Å². The summed E-state index contributed by atoms with van der Waals surface area (Å²) in [5.41, 5.74) is 1.94. The highest BCUT2D eigenvalue weighted by molar-refractivity contribution is 6.31. The minimum Gasteiger partial charge on any atom is -0.348 e. The second-order valence-electron chi connectivity index (χ2n) is 5.96. The van der Waals surface area contributed by atoms with Crippen LogP contribution in [0.4, 0.5) is 5.69 Å². The van der Waals surface area contributed by atoms with Crippen LogP contribution in [0.5, 0.6) is 0 Å². The highest BCUT2D eigenvalue weighted by atomic mass is 35.5. The number of anilines is 1. The Kier molecular flexibility index (Phi) is 6.73. The molecule has 0 unspecified atom stereocenters. The molecule has 2 aromatic rings. The van der Waals surface area contributed by atoms with Crippen molar-refractivity contribution >= 4 is 35.0 Å². The molecule has 0 heterocycles. The largest absolute Gasteiger partial charge is 0.348 e. The molecule has 0 atom stereocenters. The number of nitrogens with zero attached hydrogens (tertiary/aromatic N) is 1. The topological polar surface area (TPSA) is 78.5 Å². The first-order chi connectivity index (χ1) is 12.8. The summed E-state index contributed by atoms with van der Waals surface area (Å²) in [5, 5.41) is 5.80. The van der Waals surface area contributed by atoms with Crippen molar-refractivity contribution < 1.29 is 14.4 Å². The van der Waals surface area contributed by atoms with E-state index in [-0.39, 0.29) is 17.7 Å². The molecule has 140 valence electrons. The lowest BCUT2D eigenvalue weighted by molar-refractivity contribution is -0.116. The Morgan fingerprint density at radius 1 is 1.11 bits per heavy atom. The van der Waals surface area contributed by atoms with Crippen LogP contribution in [0.3, 0.4) is 0 Å². The van der Waals surface area contributed by atoms with Gasteiger partial charge < -0.3 is 15.5 Å². The predicted molar refractivity (Wildman–Crippen MR) is 106 cm³/mol. The zero-order valence-electron chi connectivity index (χ0n) is 15.1. The van der Waals surface area contributed by atoms with Crippen LogP contribution in [-0.4, -0.2) is 36.7 Å². The summed E-state index contributed by atoms with van der Waals surface area (Å²) < 4.78 is 0. The summed E-state index contributed by atoms with van der Waals surface area (Å²) in [6.45, 7) is 3.72. The minimum atomic E-state index is -0.369. The normalized spacial score (nSPS) is 10.0. The van der Waals surface area contributed by atoms with Gasteiger partial charge in [-0.05, 0) is 42.0 Å². The first-order valence-electron chi connectivity index (χ1n) is 8.13. The third-order valence-corrected chi connectivity index (χ3v) is 3.97. The van der Waals surface area contributed by atoms with Gasteiger partial charge in [0.15, 0.2) is 0 Å². The molecule has 0 saturated heterocycles. The molecule has 0 bridgehead atoms. The summed E-state index contributed by atoms with van der Waals surface area (Å²) in [4.78, 5) is 37.4. The van der Waals surface area contributed by atoms with Crippen molar-refractivity contribution in [1.82, 2.24) is 10.2 Å². The summed E-state index contributed by atoms with van der Waals surface area (Å²) in [5.74, 6) is -0.877. The molecule has 0 aliphatic rings. The highest BCUT2D eigenvalue weighted by Gasteiger charge is 2.16. The number of carbonyl (C=O) groups is 3. The zero-order valence-corrected chi connectivity index (χ0v) is 15.8. The van der Waals surface area contributed by atoms with Gasteiger partial charge in [0.1, 0.15) is 0 Å². The van der Waals surface area contributed by atoms with Gasteiger partial charge in [-0.1, -0.05) is 30.3 Å². The van der Waals surface area contributed by atoms with E-state index in [1.165, 1.54) is 17.0 Å². The number of benzene rings is 2. The molecule has 0 aromatic heterocycles. The maximum Gasteiger partial charge on any atom is 0.255 e. The molecule has 0 fully saturated rings. The van der Waals surface area contributed by atoms with E-state index in [1.807, 2.05) is 0 Å². The van der Waals surface area contributed by atoms with Crippen molar-refractivity contribution in [1.29, 1.82) is 0 Å². The molecule has 2 aromatic carbocycles. The van der Waals surface area contributed by atoms with Gasteiger partial charge in [0.2, 0.25) is 5.91 Å². The summed E-state index contributed by atoms with van der Waals surface area (Å²) >= 11 is 6.01. The fraction of sp³-hybridized carbons (Fsp3) is 0.150. The smallest absolute Gasteiger partial charge is 0.255 e. The second-order valence-corrected chi connectivity index (χ2v) is 6.40. The van der Waals surface area contributed by atoms with Gasteiger partial charge in [-0.3, -0.25) is 14.4 Å². The standard InChI is InChI=1S/C20H20ClN3O3/c1-4-18(25)22-12-13-5-7-14(8-6-13)19(26)23-17-11-15(21)9-10-16(17)20(27)24(2)3/h4-11H,1,12H2,2-3H3,(H,22,25)(H,23,26). The van der Waals surface area contributed by atoms with E-state index in [1.54, 1.807) is 50.5 Å². The van der Waals surface area contributed by atoms with E-state index >= 15 is 0 Å². The number of amides is 3. The number of halogens is 1. The molecule has 2 N–H and O–H groups in total. The number of rotatable bonds is 6. The summed E-state index contributed by atoms with van der Waals surface area (Å²) in [6, 6.07) is 11.5. The van der Waals surface area contributed by atoms with Crippen molar-refractivity contribution in [2.75, 3.05) is 19.4 Å². The van der Waals surface area contributed by atoms with E-state index in [0.29, 0.717) is 28.4 Å². The first kappa shape index (κ1) is 20.2. The van der Waals surface area contributed by atoms with E-state index in [4.69, 9.17) is 11.6 Å².